The van der Waals surface area contributed by atoms with Gasteiger partial charge in [-0.3, -0.25) is 0 Å². The van der Waals surface area contributed by atoms with Gasteiger partial charge in [0, 0.05) is 6.04 Å². The van der Waals surface area contributed by atoms with Crippen molar-refractivity contribution < 1.29 is 10.2 Å². The van der Waals surface area contributed by atoms with Gasteiger partial charge in [-0.05, 0) is 24.5 Å². The van der Waals surface area contributed by atoms with Crippen molar-refractivity contribution >= 4 is 0 Å². The van der Waals surface area contributed by atoms with Crippen LogP contribution < -0.4 is 5.73 Å². The zero-order valence-electron chi connectivity index (χ0n) is 7.70. The molecule has 1 unspecified atom stereocenters. The van der Waals surface area contributed by atoms with E-state index >= 15 is 0 Å². The molecule has 0 spiro atoms. The number of benzene rings is 1. The molecule has 0 aliphatic heterocycles. The number of hydrogen-bond acceptors (Lipinski definition) is 3. The Labute approximate surface area is 77.8 Å². The number of phenols is 1. The van der Waals surface area contributed by atoms with Crippen LogP contribution in [0.4, 0.5) is 0 Å². The maximum Gasteiger partial charge on any atom is 0.121 e. The van der Waals surface area contributed by atoms with Crippen molar-refractivity contribution in [3.63, 3.8) is 0 Å². The standard InChI is InChI=1S/C10H15NO2/c1-7-3-2-4-8(10(7)13)5-9(11)6-12/h2-4,9,12-13H,5-6,11H2,1H3. The third-order valence-electron chi connectivity index (χ3n) is 2.04. The van der Waals surface area contributed by atoms with E-state index in [1.807, 2.05) is 25.1 Å². The summed E-state index contributed by atoms with van der Waals surface area (Å²) < 4.78 is 0. The number of phenolic OH excluding ortho intramolecular Hbond substituents is 1. The summed E-state index contributed by atoms with van der Waals surface area (Å²) in [5.74, 6) is 0.284. The molecule has 0 bridgehead atoms. The first kappa shape index (κ1) is 10.0. The predicted octanol–water partition coefficient (Wildman–Crippen LogP) is 0.563. The van der Waals surface area contributed by atoms with E-state index < -0.39 is 0 Å². The summed E-state index contributed by atoms with van der Waals surface area (Å²) in [5, 5.41) is 18.4. The molecule has 3 heteroatoms. The first-order chi connectivity index (χ1) is 6.15. The van der Waals surface area contributed by atoms with E-state index in [9.17, 15) is 5.11 Å². The Morgan fingerprint density at radius 2 is 2.15 bits per heavy atom. The molecular weight excluding hydrogens is 166 g/mol. The van der Waals surface area contributed by atoms with Crippen molar-refractivity contribution in [3.05, 3.63) is 29.3 Å². The number of aryl methyl sites for hydroxylation is 1. The van der Waals surface area contributed by atoms with Gasteiger partial charge < -0.3 is 15.9 Å². The zero-order chi connectivity index (χ0) is 9.84. The van der Waals surface area contributed by atoms with Crippen LogP contribution in [0.1, 0.15) is 11.1 Å². The summed E-state index contributed by atoms with van der Waals surface area (Å²) in [5.41, 5.74) is 7.19. The number of aliphatic hydroxyl groups excluding tert-OH is 1. The van der Waals surface area contributed by atoms with E-state index in [0.717, 1.165) is 11.1 Å². The fourth-order valence-electron chi connectivity index (χ4n) is 1.23. The maximum atomic E-state index is 9.60. The molecule has 3 nitrogen and oxygen atoms in total. The van der Waals surface area contributed by atoms with Gasteiger partial charge in [0.05, 0.1) is 6.61 Å². The minimum absolute atomic E-state index is 0.0621. The highest BCUT2D eigenvalue weighted by molar-refractivity contribution is 5.39. The average molecular weight is 181 g/mol. The van der Waals surface area contributed by atoms with Crippen molar-refractivity contribution in [3.8, 4) is 5.75 Å². The van der Waals surface area contributed by atoms with Crippen LogP contribution in [0.15, 0.2) is 18.2 Å². The third kappa shape index (κ3) is 2.44. The summed E-state index contributed by atoms with van der Waals surface area (Å²) in [4.78, 5) is 0. The SMILES string of the molecule is Cc1cccc(CC(N)CO)c1O. The van der Waals surface area contributed by atoms with Gasteiger partial charge in [0.2, 0.25) is 0 Å². The van der Waals surface area contributed by atoms with Gasteiger partial charge in [-0.2, -0.15) is 0 Å². The Hall–Kier alpha value is -1.06. The van der Waals surface area contributed by atoms with Crippen LogP contribution >= 0.6 is 0 Å². The fraction of sp³-hybridized carbons (Fsp3) is 0.400. The van der Waals surface area contributed by atoms with Crippen molar-refractivity contribution in [2.45, 2.75) is 19.4 Å². The van der Waals surface area contributed by atoms with Crippen LogP contribution in [0.2, 0.25) is 0 Å². The Morgan fingerprint density at radius 3 is 2.77 bits per heavy atom. The van der Waals surface area contributed by atoms with Crippen LogP contribution in [-0.4, -0.2) is 22.9 Å². The molecular formula is C10H15NO2. The van der Waals surface area contributed by atoms with Crippen LogP contribution in [0.3, 0.4) is 0 Å². The highest BCUT2D eigenvalue weighted by Gasteiger charge is 2.07. The molecule has 0 saturated heterocycles. The van der Waals surface area contributed by atoms with Gasteiger partial charge in [-0.1, -0.05) is 18.2 Å². The number of hydrogen-bond donors (Lipinski definition) is 3. The second-order valence-corrected chi connectivity index (χ2v) is 3.23. The van der Waals surface area contributed by atoms with E-state index in [2.05, 4.69) is 0 Å². The molecule has 0 aliphatic rings. The lowest BCUT2D eigenvalue weighted by atomic mass is 10.0. The highest BCUT2D eigenvalue weighted by atomic mass is 16.3. The minimum atomic E-state index is -0.298. The van der Waals surface area contributed by atoms with E-state index in [0.29, 0.717) is 6.42 Å². The molecule has 0 aliphatic carbocycles. The predicted molar refractivity (Wildman–Crippen MR) is 51.6 cm³/mol. The summed E-state index contributed by atoms with van der Waals surface area (Å²) in [6.45, 7) is 1.77. The first-order valence-electron chi connectivity index (χ1n) is 4.29. The number of aromatic hydroxyl groups is 1. The lowest BCUT2D eigenvalue weighted by molar-refractivity contribution is 0.264. The van der Waals surface area contributed by atoms with E-state index in [1.54, 1.807) is 0 Å². The molecule has 72 valence electrons. The van der Waals surface area contributed by atoms with Crippen LogP contribution in [0, 0.1) is 6.92 Å². The third-order valence-corrected chi connectivity index (χ3v) is 2.04. The zero-order valence-corrected chi connectivity index (χ0v) is 7.70. The second kappa shape index (κ2) is 4.25. The van der Waals surface area contributed by atoms with Crippen molar-refractivity contribution in [2.75, 3.05) is 6.61 Å². The summed E-state index contributed by atoms with van der Waals surface area (Å²) >= 11 is 0. The van der Waals surface area contributed by atoms with Gasteiger partial charge in [0.1, 0.15) is 5.75 Å². The van der Waals surface area contributed by atoms with E-state index in [4.69, 9.17) is 10.8 Å². The summed E-state index contributed by atoms with van der Waals surface area (Å²) in [6.07, 6.45) is 0.504. The molecule has 1 aromatic rings. The Balaban J connectivity index is 2.83. The van der Waals surface area contributed by atoms with Gasteiger partial charge in [-0.15, -0.1) is 0 Å². The molecule has 0 fully saturated rings. The quantitative estimate of drug-likeness (QED) is 0.638. The topological polar surface area (TPSA) is 66.5 Å². The van der Waals surface area contributed by atoms with Gasteiger partial charge in [0.25, 0.3) is 0 Å². The molecule has 1 atom stereocenters. The monoisotopic (exact) mass is 181 g/mol. The Bertz CT molecular complexity index is 286. The molecule has 0 heterocycles. The number of rotatable bonds is 3. The van der Waals surface area contributed by atoms with Gasteiger partial charge in [0.15, 0.2) is 0 Å². The van der Waals surface area contributed by atoms with Crippen LogP contribution in [-0.2, 0) is 6.42 Å². The number of nitrogens with two attached hydrogens (primary N) is 1. The van der Waals surface area contributed by atoms with E-state index in [1.165, 1.54) is 0 Å². The molecule has 4 N–H and O–H groups in total. The summed E-state index contributed by atoms with van der Waals surface area (Å²) in [6, 6.07) is 5.23. The van der Waals surface area contributed by atoms with Gasteiger partial charge in [-0.25, -0.2) is 0 Å². The molecule has 0 saturated carbocycles. The van der Waals surface area contributed by atoms with Crippen molar-refractivity contribution in [1.29, 1.82) is 0 Å². The minimum Gasteiger partial charge on any atom is -0.507 e. The fourth-order valence-corrected chi connectivity index (χ4v) is 1.23. The first-order valence-corrected chi connectivity index (χ1v) is 4.29. The number of aliphatic hydroxyl groups is 1. The Kier molecular flexibility index (Phi) is 3.28. The molecule has 13 heavy (non-hydrogen) atoms. The smallest absolute Gasteiger partial charge is 0.121 e. The van der Waals surface area contributed by atoms with Crippen LogP contribution in [0.5, 0.6) is 5.75 Å². The van der Waals surface area contributed by atoms with Gasteiger partial charge >= 0.3 is 0 Å². The largest absolute Gasteiger partial charge is 0.507 e. The molecule has 0 amide bonds. The second-order valence-electron chi connectivity index (χ2n) is 3.23. The molecule has 0 radical (unpaired) electrons. The van der Waals surface area contributed by atoms with Crippen molar-refractivity contribution in [1.82, 2.24) is 0 Å². The molecule has 0 aromatic heterocycles. The van der Waals surface area contributed by atoms with Crippen LogP contribution in [0.25, 0.3) is 0 Å². The average Bonchev–Trinajstić information content (AvgIpc) is 2.13. The maximum absolute atomic E-state index is 9.60. The lowest BCUT2D eigenvalue weighted by Gasteiger charge is -2.10. The Morgan fingerprint density at radius 1 is 1.46 bits per heavy atom. The lowest BCUT2D eigenvalue weighted by Crippen LogP contribution is -2.26. The normalized spacial score (nSPS) is 12.8. The number of para-hydroxylation sites is 1. The molecule has 1 aromatic carbocycles. The highest BCUT2D eigenvalue weighted by Crippen LogP contribution is 2.22. The summed E-state index contributed by atoms with van der Waals surface area (Å²) in [7, 11) is 0. The van der Waals surface area contributed by atoms with E-state index in [-0.39, 0.29) is 18.4 Å². The molecule has 1 rings (SSSR count). The van der Waals surface area contributed by atoms with Crippen molar-refractivity contribution in [2.24, 2.45) is 5.73 Å².